The Kier molecular flexibility index (Phi) is 6.59. The van der Waals surface area contributed by atoms with E-state index in [-0.39, 0.29) is 18.8 Å². The summed E-state index contributed by atoms with van der Waals surface area (Å²) < 4.78 is 52.8. The molecule has 0 spiro atoms. The molecule has 1 aromatic carbocycles. The zero-order valence-corrected chi connectivity index (χ0v) is 10.3. The number of hydrogen-bond acceptors (Lipinski definition) is 3. The lowest BCUT2D eigenvalue weighted by molar-refractivity contribution is -0.253. The van der Waals surface area contributed by atoms with Crippen LogP contribution in [0.1, 0.15) is 18.0 Å². The van der Waals surface area contributed by atoms with Crippen LogP contribution in [-0.2, 0) is 0 Å². The average Bonchev–Trinajstić information content (AvgIpc) is 2.29. The van der Waals surface area contributed by atoms with Gasteiger partial charge < -0.3 is 10.5 Å². The van der Waals surface area contributed by atoms with E-state index in [4.69, 9.17) is 11.0 Å². The number of nitrogens with zero attached hydrogens (tertiary/aromatic N) is 1. The van der Waals surface area contributed by atoms with Crippen LogP contribution in [0.15, 0.2) is 24.3 Å². The molecular weight excluding hydrogens is 288 g/mol. The van der Waals surface area contributed by atoms with Crippen LogP contribution in [0.5, 0.6) is 5.75 Å². The monoisotopic (exact) mass is 298 g/mol. The first kappa shape index (κ1) is 17.5. The number of rotatable bonds is 5. The van der Waals surface area contributed by atoms with Gasteiger partial charge in [-0.2, -0.15) is 22.8 Å². The molecule has 1 atom stereocenters. The number of nitriles is 1. The van der Waals surface area contributed by atoms with Crippen molar-refractivity contribution < 1.29 is 22.3 Å². The Morgan fingerprint density at radius 3 is 2.21 bits per heavy atom. The maximum atomic E-state index is 12.6. The van der Waals surface area contributed by atoms with E-state index in [0.717, 1.165) is 12.1 Å². The van der Waals surface area contributed by atoms with E-state index in [2.05, 4.69) is 4.74 Å². The van der Waals surface area contributed by atoms with Gasteiger partial charge in [0.25, 0.3) is 0 Å². The molecule has 106 valence electrons. The van der Waals surface area contributed by atoms with Crippen LogP contribution in [0.4, 0.5) is 17.6 Å². The van der Waals surface area contributed by atoms with Crippen molar-refractivity contribution in [2.75, 3.05) is 0 Å². The first-order chi connectivity index (χ1) is 8.36. The first-order valence-electron chi connectivity index (χ1n) is 4.94. The van der Waals surface area contributed by atoms with Crippen LogP contribution < -0.4 is 10.5 Å². The summed E-state index contributed by atoms with van der Waals surface area (Å²) in [5.41, 5.74) is 6.13. The van der Waals surface area contributed by atoms with Crippen LogP contribution in [0.25, 0.3) is 0 Å². The summed E-state index contributed by atoms with van der Waals surface area (Å²) in [4.78, 5) is 0. The molecule has 0 amide bonds. The smallest absolute Gasteiger partial charge is 0.428 e. The Morgan fingerprint density at radius 2 is 1.79 bits per heavy atom. The van der Waals surface area contributed by atoms with Crippen LogP contribution in [-0.4, -0.2) is 12.5 Å². The fourth-order valence-corrected chi connectivity index (χ4v) is 1.20. The van der Waals surface area contributed by atoms with Crippen molar-refractivity contribution in [3.8, 4) is 11.8 Å². The van der Waals surface area contributed by atoms with E-state index in [9.17, 15) is 17.6 Å². The average molecular weight is 299 g/mol. The molecule has 19 heavy (non-hydrogen) atoms. The van der Waals surface area contributed by atoms with Crippen molar-refractivity contribution in [1.82, 2.24) is 0 Å². The second-order valence-electron chi connectivity index (χ2n) is 3.50. The van der Waals surface area contributed by atoms with Crippen molar-refractivity contribution in [3.63, 3.8) is 0 Å². The molecule has 0 unspecified atom stereocenters. The third-order valence-electron chi connectivity index (χ3n) is 2.13. The van der Waals surface area contributed by atoms with Crippen LogP contribution in [0.2, 0.25) is 0 Å². The second kappa shape index (κ2) is 7.16. The van der Waals surface area contributed by atoms with Gasteiger partial charge in [-0.25, -0.2) is 0 Å². The molecule has 0 bridgehead atoms. The van der Waals surface area contributed by atoms with Gasteiger partial charge in [0.05, 0.1) is 12.5 Å². The Bertz CT molecular complexity index is 433. The molecule has 0 aliphatic carbocycles. The van der Waals surface area contributed by atoms with Crippen molar-refractivity contribution in [3.05, 3.63) is 29.8 Å². The van der Waals surface area contributed by atoms with Gasteiger partial charge in [-0.05, 0) is 17.7 Å². The number of halogens is 5. The van der Waals surface area contributed by atoms with Gasteiger partial charge in [0.2, 0.25) is 0 Å². The number of hydrogen-bond donors (Lipinski definition) is 1. The van der Waals surface area contributed by atoms with E-state index in [1.165, 1.54) is 12.1 Å². The molecule has 0 saturated carbocycles. The summed E-state index contributed by atoms with van der Waals surface area (Å²) >= 11 is 0. The topological polar surface area (TPSA) is 59.0 Å². The minimum Gasteiger partial charge on any atom is -0.428 e. The molecule has 1 rings (SSSR count). The van der Waals surface area contributed by atoms with Gasteiger partial charge >= 0.3 is 12.5 Å². The molecule has 0 fully saturated rings. The maximum Gasteiger partial charge on any atom is 0.461 e. The van der Waals surface area contributed by atoms with E-state index in [1.54, 1.807) is 0 Å². The lowest BCUT2D eigenvalue weighted by Crippen LogP contribution is -2.33. The molecule has 1 aromatic rings. The van der Waals surface area contributed by atoms with Gasteiger partial charge in [0.15, 0.2) is 0 Å². The quantitative estimate of drug-likeness (QED) is 0.849. The summed E-state index contributed by atoms with van der Waals surface area (Å²) in [5.74, 6) is -0.395. The van der Waals surface area contributed by atoms with Crippen LogP contribution >= 0.6 is 12.4 Å². The number of alkyl halides is 4. The summed E-state index contributed by atoms with van der Waals surface area (Å²) in [5, 5.41) is 8.43. The number of benzene rings is 1. The third-order valence-corrected chi connectivity index (χ3v) is 2.13. The molecule has 0 heterocycles. The predicted octanol–water partition coefficient (Wildman–Crippen LogP) is 3.26. The summed E-state index contributed by atoms with van der Waals surface area (Å²) in [7, 11) is 0. The van der Waals surface area contributed by atoms with E-state index in [0.29, 0.717) is 5.56 Å². The molecule has 0 aromatic heterocycles. The molecule has 3 nitrogen and oxygen atoms in total. The fraction of sp³-hybridized carbons (Fsp3) is 0.364. The molecular formula is C11H11ClF4N2O. The Labute approximate surface area is 113 Å². The van der Waals surface area contributed by atoms with E-state index < -0.39 is 24.3 Å². The molecule has 0 aliphatic heterocycles. The zero-order chi connectivity index (χ0) is 13.8. The zero-order valence-electron chi connectivity index (χ0n) is 9.52. The lowest BCUT2D eigenvalue weighted by Gasteiger charge is -2.17. The molecule has 8 heteroatoms. The maximum absolute atomic E-state index is 12.6. The Hall–Kier alpha value is -1.52. The molecule has 2 N–H and O–H groups in total. The minimum absolute atomic E-state index is 0. The van der Waals surface area contributed by atoms with Crippen LogP contribution in [0, 0.1) is 11.3 Å². The fourth-order valence-electron chi connectivity index (χ4n) is 1.20. The highest BCUT2D eigenvalue weighted by Crippen LogP contribution is 2.28. The molecule has 0 aliphatic rings. The number of nitrogens with two attached hydrogens (primary N) is 1. The van der Waals surface area contributed by atoms with Gasteiger partial charge in [-0.1, -0.05) is 12.1 Å². The molecule has 0 radical (unpaired) electrons. The normalized spacial score (nSPS) is 12.5. The van der Waals surface area contributed by atoms with Crippen molar-refractivity contribution in [2.24, 2.45) is 5.73 Å². The van der Waals surface area contributed by atoms with Gasteiger partial charge in [-0.15, -0.1) is 12.4 Å². The summed E-state index contributed by atoms with van der Waals surface area (Å²) in [6.45, 7) is 0. The van der Waals surface area contributed by atoms with E-state index >= 15 is 0 Å². The van der Waals surface area contributed by atoms with Gasteiger partial charge in [-0.3, -0.25) is 0 Å². The third kappa shape index (κ3) is 4.93. The van der Waals surface area contributed by atoms with Crippen LogP contribution in [0.3, 0.4) is 0 Å². The molecule has 0 saturated heterocycles. The second-order valence-corrected chi connectivity index (χ2v) is 3.50. The summed E-state index contributed by atoms with van der Waals surface area (Å²) in [6, 6.07) is 6.19. The lowest BCUT2D eigenvalue weighted by atomic mass is 10.1. The van der Waals surface area contributed by atoms with Gasteiger partial charge in [0, 0.05) is 6.04 Å². The number of ether oxygens (including phenoxy) is 1. The highest BCUT2D eigenvalue weighted by Gasteiger charge is 2.43. The Morgan fingerprint density at radius 1 is 1.26 bits per heavy atom. The van der Waals surface area contributed by atoms with Crippen molar-refractivity contribution in [1.29, 1.82) is 5.26 Å². The largest absolute Gasteiger partial charge is 0.461 e. The Balaban J connectivity index is 0.00000324. The highest BCUT2D eigenvalue weighted by atomic mass is 35.5. The SMILES string of the molecule is Cl.N#CC[C@H](N)c1ccc(OC(F)(F)C(F)F)cc1. The van der Waals surface area contributed by atoms with Crippen molar-refractivity contribution >= 4 is 12.4 Å². The van der Waals surface area contributed by atoms with Crippen molar-refractivity contribution in [2.45, 2.75) is 25.0 Å². The standard InChI is InChI=1S/C11H10F4N2O.ClH/c12-10(13)11(14,15)18-8-3-1-7(2-4-8)9(17)5-6-16;/h1-4,9-10H,5,17H2;1H/t9-;/m0./s1. The van der Waals surface area contributed by atoms with E-state index in [1.807, 2.05) is 6.07 Å². The predicted molar refractivity (Wildman–Crippen MR) is 62.4 cm³/mol. The minimum atomic E-state index is -4.53. The highest BCUT2D eigenvalue weighted by molar-refractivity contribution is 5.85. The first-order valence-corrected chi connectivity index (χ1v) is 4.94. The summed E-state index contributed by atoms with van der Waals surface area (Å²) in [6.07, 6.45) is -8.37. The van der Waals surface area contributed by atoms with Gasteiger partial charge in [0.1, 0.15) is 5.75 Å².